The first-order valence-electron chi connectivity index (χ1n) is 6.95. The number of aromatic amines is 2. The van der Waals surface area contributed by atoms with E-state index in [2.05, 4.69) is 20.7 Å². The van der Waals surface area contributed by atoms with Gasteiger partial charge in [-0.1, -0.05) is 11.8 Å². The van der Waals surface area contributed by atoms with Gasteiger partial charge in [0.1, 0.15) is 5.75 Å². The molecule has 126 valence electrons. The molecule has 0 aliphatic heterocycles. The maximum absolute atomic E-state index is 11.6. The van der Waals surface area contributed by atoms with Crippen molar-refractivity contribution in [2.45, 2.75) is 11.9 Å². The van der Waals surface area contributed by atoms with E-state index in [4.69, 9.17) is 4.74 Å². The number of carbonyl (C=O) groups excluding carboxylic acids is 1. The van der Waals surface area contributed by atoms with Crippen LogP contribution in [0.1, 0.15) is 12.5 Å². The molecule has 0 saturated carbocycles. The topological polar surface area (TPSA) is 129 Å². The molecule has 0 fully saturated rings. The number of carbonyl (C=O) groups is 1. The number of H-pyrrole nitrogens is 2. The fraction of sp³-hybridized carbons (Fsp3) is 0.214. The van der Waals surface area contributed by atoms with E-state index < -0.39 is 17.2 Å². The van der Waals surface area contributed by atoms with Crippen molar-refractivity contribution in [3.8, 4) is 5.75 Å². The highest BCUT2D eigenvalue weighted by Gasteiger charge is 2.07. The number of hydrogen-bond donors (Lipinski definition) is 3. The minimum absolute atomic E-state index is 0.000225. The Labute approximate surface area is 140 Å². The average molecular weight is 349 g/mol. The van der Waals surface area contributed by atoms with Gasteiger partial charge in [-0.3, -0.25) is 14.6 Å². The van der Waals surface area contributed by atoms with Crippen LogP contribution < -0.4 is 21.4 Å². The highest BCUT2D eigenvalue weighted by molar-refractivity contribution is 7.99. The number of ether oxygens (including phenoxy) is 1. The van der Waals surface area contributed by atoms with E-state index in [1.165, 1.54) is 6.21 Å². The summed E-state index contributed by atoms with van der Waals surface area (Å²) in [5.74, 6) is 0.284. The Morgan fingerprint density at radius 1 is 1.38 bits per heavy atom. The van der Waals surface area contributed by atoms with E-state index in [0.717, 1.165) is 23.1 Å². The van der Waals surface area contributed by atoms with Crippen molar-refractivity contribution < 1.29 is 9.53 Å². The zero-order chi connectivity index (χ0) is 17.4. The van der Waals surface area contributed by atoms with Crippen LogP contribution in [0.4, 0.5) is 0 Å². The average Bonchev–Trinajstić information content (AvgIpc) is 2.56. The minimum atomic E-state index is -0.700. The van der Waals surface area contributed by atoms with Crippen molar-refractivity contribution in [2.24, 2.45) is 5.10 Å². The predicted octanol–water partition coefficient (Wildman–Crippen LogP) is 0.0993. The van der Waals surface area contributed by atoms with Gasteiger partial charge in [-0.2, -0.15) is 10.2 Å². The lowest BCUT2D eigenvalue weighted by Crippen LogP contribution is -2.26. The number of thioether (sulfide) groups is 1. The molecule has 0 aliphatic rings. The van der Waals surface area contributed by atoms with Gasteiger partial charge >= 0.3 is 5.69 Å². The van der Waals surface area contributed by atoms with Crippen molar-refractivity contribution >= 4 is 23.9 Å². The molecule has 0 aliphatic carbocycles. The Morgan fingerprint density at radius 2 is 2.12 bits per heavy atom. The lowest BCUT2D eigenvalue weighted by Gasteiger charge is -2.02. The molecule has 0 bridgehead atoms. The van der Waals surface area contributed by atoms with Gasteiger partial charge in [-0.25, -0.2) is 15.3 Å². The molecule has 0 radical (unpaired) electrons. The molecule has 0 spiro atoms. The van der Waals surface area contributed by atoms with Gasteiger partial charge in [0, 0.05) is 0 Å². The minimum Gasteiger partial charge on any atom is -0.494 e. The van der Waals surface area contributed by atoms with Crippen LogP contribution in [-0.2, 0) is 4.79 Å². The smallest absolute Gasteiger partial charge is 0.342 e. The molecular weight excluding hydrogens is 334 g/mol. The summed E-state index contributed by atoms with van der Waals surface area (Å²) in [5.41, 5.74) is 1.79. The van der Waals surface area contributed by atoms with Gasteiger partial charge in [0.2, 0.25) is 5.91 Å². The van der Waals surface area contributed by atoms with Crippen LogP contribution >= 0.6 is 11.8 Å². The molecule has 0 saturated heterocycles. The van der Waals surface area contributed by atoms with E-state index in [0.29, 0.717) is 6.61 Å². The third-order valence-corrected chi connectivity index (χ3v) is 3.57. The summed E-state index contributed by atoms with van der Waals surface area (Å²) in [4.78, 5) is 35.9. The molecule has 2 aromatic rings. The molecule has 10 heteroatoms. The number of hydrazone groups is 1. The largest absolute Gasteiger partial charge is 0.494 e. The number of amides is 1. The van der Waals surface area contributed by atoms with Crippen molar-refractivity contribution in [3.63, 3.8) is 0 Å². The second-order valence-corrected chi connectivity index (χ2v) is 5.36. The standard InChI is InChI=1S/C14H15N5O4S/c1-2-23-10-5-3-9(4-6-10)7-15-17-11(20)8-24-13-12(21)16-14(22)19-18-13/h3-7H,2,8H2,1H3,(H,17,20)(H2,16,19,21,22)/b15-7+. The number of hydrogen-bond acceptors (Lipinski definition) is 7. The van der Waals surface area contributed by atoms with E-state index in [1.807, 2.05) is 11.9 Å². The van der Waals surface area contributed by atoms with Crippen LogP contribution in [0, 0.1) is 0 Å². The summed E-state index contributed by atoms with van der Waals surface area (Å²) in [7, 11) is 0. The number of nitrogens with zero attached hydrogens (tertiary/aromatic N) is 2. The number of rotatable bonds is 7. The van der Waals surface area contributed by atoms with Crippen molar-refractivity contribution in [3.05, 3.63) is 50.7 Å². The third kappa shape index (κ3) is 5.39. The Hall–Kier alpha value is -2.88. The van der Waals surface area contributed by atoms with Gasteiger partial charge in [-0.05, 0) is 36.8 Å². The molecule has 0 unspecified atom stereocenters. The Bertz CT molecular complexity index is 828. The van der Waals surface area contributed by atoms with E-state index in [1.54, 1.807) is 24.3 Å². The molecule has 2 rings (SSSR count). The first-order chi connectivity index (χ1) is 11.6. The molecule has 3 N–H and O–H groups in total. The summed E-state index contributed by atoms with van der Waals surface area (Å²) in [5, 5.41) is 9.46. The molecule has 1 heterocycles. The second kappa shape index (κ2) is 8.67. The molecule has 1 amide bonds. The first kappa shape index (κ1) is 17.5. The zero-order valence-corrected chi connectivity index (χ0v) is 13.6. The maximum atomic E-state index is 11.6. The SMILES string of the molecule is CCOc1ccc(/C=N/NC(=O)CSc2n[nH]c(=O)[nH]c2=O)cc1. The highest BCUT2D eigenvalue weighted by atomic mass is 32.2. The van der Waals surface area contributed by atoms with Crippen LogP contribution in [0.3, 0.4) is 0 Å². The Balaban J connectivity index is 1.82. The fourth-order valence-corrected chi connectivity index (χ4v) is 2.22. The lowest BCUT2D eigenvalue weighted by molar-refractivity contribution is -0.118. The monoisotopic (exact) mass is 349 g/mol. The van der Waals surface area contributed by atoms with E-state index in [-0.39, 0.29) is 10.8 Å². The highest BCUT2D eigenvalue weighted by Crippen LogP contribution is 2.10. The zero-order valence-electron chi connectivity index (χ0n) is 12.7. The molecule has 1 aromatic carbocycles. The Morgan fingerprint density at radius 3 is 2.79 bits per heavy atom. The van der Waals surface area contributed by atoms with Crippen LogP contribution in [-0.4, -0.2) is 39.7 Å². The third-order valence-electron chi connectivity index (χ3n) is 2.61. The van der Waals surface area contributed by atoms with Gasteiger partial charge in [0.15, 0.2) is 5.03 Å². The molecule has 0 atom stereocenters. The summed E-state index contributed by atoms with van der Waals surface area (Å²) < 4.78 is 5.32. The number of nitrogens with one attached hydrogen (secondary N) is 3. The summed E-state index contributed by atoms with van der Waals surface area (Å²) in [6, 6.07) is 7.21. The van der Waals surface area contributed by atoms with Crippen LogP contribution in [0.25, 0.3) is 0 Å². The van der Waals surface area contributed by atoms with Crippen LogP contribution in [0.15, 0.2) is 44.0 Å². The van der Waals surface area contributed by atoms with Crippen molar-refractivity contribution in [1.82, 2.24) is 20.6 Å². The molecule has 9 nitrogen and oxygen atoms in total. The quantitative estimate of drug-likeness (QED) is 0.369. The van der Waals surface area contributed by atoms with Gasteiger partial charge < -0.3 is 4.74 Å². The van der Waals surface area contributed by atoms with Crippen molar-refractivity contribution in [1.29, 1.82) is 0 Å². The summed E-state index contributed by atoms with van der Waals surface area (Å²) in [6.45, 7) is 2.49. The van der Waals surface area contributed by atoms with Crippen LogP contribution in [0.5, 0.6) is 5.75 Å². The first-order valence-corrected chi connectivity index (χ1v) is 7.93. The summed E-state index contributed by atoms with van der Waals surface area (Å²) in [6.07, 6.45) is 1.49. The molecular formula is C14H15N5O4S. The van der Waals surface area contributed by atoms with Gasteiger partial charge in [0.25, 0.3) is 5.56 Å². The maximum Gasteiger partial charge on any atom is 0.342 e. The van der Waals surface area contributed by atoms with Crippen molar-refractivity contribution in [2.75, 3.05) is 12.4 Å². The van der Waals surface area contributed by atoms with Gasteiger partial charge in [0.05, 0.1) is 18.6 Å². The lowest BCUT2D eigenvalue weighted by atomic mass is 10.2. The number of aromatic nitrogens is 3. The van der Waals surface area contributed by atoms with E-state index in [9.17, 15) is 14.4 Å². The Kier molecular flexibility index (Phi) is 6.32. The summed E-state index contributed by atoms with van der Waals surface area (Å²) >= 11 is 0.890. The number of benzene rings is 1. The normalized spacial score (nSPS) is 10.7. The molecule has 1 aromatic heterocycles. The fourth-order valence-electron chi connectivity index (χ4n) is 1.60. The van der Waals surface area contributed by atoms with E-state index >= 15 is 0 Å². The second-order valence-electron chi connectivity index (χ2n) is 4.40. The predicted molar refractivity (Wildman–Crippen MR) is 89.6 cm³/mol. The van der Waals surface area contributed by atoms with Gasteiger partial charge in [-0.15, -0.1) is 0 Å². The molecule has 24 heavy (non-hydrogen) atoms. The van der Waals surface area contributed by atoms with Crippen LogP contribution in [0.2, 0.25) is 0 Å².